The van der Waals surface area contributed by atoms with Gasteiger partial charge in [-0.15, -0.1) is 0 Å². The molecular weight excluding hydrogens is 466 g/mol. The van der Waals surface area contributed by atoms with Gasteiger partial charge in [0.2, 0.25) is 0 Å². The Balaban J connectivity index is 1.57. The Morgan fingerprint density at radius 1 is 1.03 bits per heavy atom. The SMILES string of the molecule is CCOCc1nc(Nc2ccc3c(c2)N(NC)CC3(NC)NC)c2ccc(-c3ncccc3C)nc2n1. The molecule has 10 nitrogen and oxygen atoms in total. The molecule has 0 aliphatic carbocycles. The van der Waals surface area contributed by atoms with Gasteiger partial charge in [-0.25, -0.2) is 20.4 Å². The Labute approximate surface area is 216 Å². The molecule has 4 heterocycles. The van der Waals surface area contributed by atoms with Crippen LogP contribution in [0.25, 0.3) is 22.4 Å². The molecule has 37 heavy (non-hydrogen) atoms. The number of hydrazine groups is 1. The molecule has 0 radical (unpaired) electrons. The van der Waals surface area contributed by atoms with E-state index in [-0.39, 0.29) is 5.66 Å². The van der Waals surface area contributed by atoms with E-state index in [2.05, 4.69) is 49.6 Å². The van der Waals surface area contributed by atoms with E-state index >= 15 is 0 Å². The summed E-state index contributed by atoms with van der Waals surface area (Å²) < 4.78 is 5.62. The minimum absolute atomic E-state index is 0.306. The van der Waals surface area contributed by atoms with Crippen molar-refractivity contribution in [3.8, 4) is 11.4 Å². The Morgan fingerprint density at radius 2 is 1.86 bits per heavy atom. The molecule has 4 N–H and O–H groups in total. The normalized spacial score (nSPS) is 14.2. The highest BCUT2D eigenvalue weighted by molar-refractivity contribution is 5.90. The number of rotatable bonds is 9. The zero-order valence-electron chi connectivity index (χ0n) is 21.9. The van der Waals surface area contributed by atoms with Crippen molar-refractivity contribution in [2.45, 2.75) is 26.1 Å². The van der Waals surface area contributed by atoms with Crippen LogP contribution >= 0.6 is 0 Å². The molecule has 10 heteroatoms. The number of ether oxygens (including phenoxy) is 1. The molecule has 4 aromatic rings. The summed E-state index contributed by atoms with van der Waals surface area (Å²) in [6, 6.07) is 14.2. The minimum atomic E-state index is -0.340. The minimum Gasteiger partial charge on any atom is -0.374 e. The van der Waals surface area contributed by atoms with E-state index in [0.29, 0.717) is 30.5 Å². The summed E-state index contributed by atoms with van der Waals surface area (Å²) in [6.45, 7) is 5.60. The van der Waals surface area contributed by atoms with Crippen molar-refractivity contribution in [3.63, 3.8) is 0 Å². The number of nitrogens with one attached hydrogen (secondary N) is 4. The summed E-state index contributed by atoms with van der Waals surface area (Å²) in [5, 5.41) is 13.3. The van der Waals surface area contributed by atoms with E-state index in [1.165, 1.54) is 5.56 Å². The highest BCUT2D eigenvalue weighted by Gasteiger charge is 2.40. The highest BCUT2D eigenvalue weighted by atomic mass is 16.5. The molecule has 0 unspecified atom stereocenters. The molecule has 3 aromatic heterocycles. The van der Waals surface area contributed by atoms with Crippen LogP contribution in [-0.2, 0) is 17.0 Å². The molecule has 0 bridgehead atoms. The summed E-state index contributed by atoms with van der Waals surface area (Å²) >= 11 is 0. The predicted octanol–water partition coefficient (Wildman–Crippen LogP) is 3.22. The van der Waals surface area contributed by atoms with Crippen LogP contribution in [0, 0.1) is 6.92 Å². The lowest BCUT2D eigenvalue weighted by atomic mass is 10.0. The van der Waals surface area contributed by atoms with E-state index in [4.69, 9.17) is 19.7 Å². The molecule has 1 aliphatic rings. The number of anilines is 3. The fourth-order valence-corrected chi connectivity index (χ4v) is 4.78. The van der Waals surface area contributed by atoms with Gasteiger partial charge in [-0.2, -0.15) is 0 Å². The molecule has 0 amide bonds. The average Bonchev–Trinajstić information content (AvgIpc) is 3.25. The largest absolute Gasteiger partial charge is 0.374 e. The second kappa shape index (κ2) is 10.3. The van der Waals surface area contributed by atoms with Crippen molar-refractivity contribution in [1.82, 2.24) is 36.0 Å². The predicted molar refractivity (Wildman–Crippen MR) is 147 cm³/mol. The smallest absolute Gasteiger partial charge is 0.165 e. The lowest BCUT2D eigenvalue weighted by molar-refractivity contribution is 0.128. The van der Waals surface area contributed by atoms with Gasteiger partial charge >= 0.3 is 0 Å². The molecule has 1 aromatic carbocycles. The van der Waals surface area contributed by atoms with E-state index in [9.17, 15) is 0 Å². The average molecular weight is 500 g/mol. The van der Waals surface area contributed by atoms with Crippen LogP contribution in [0.15, 0.2) is 48.7 Å². The zero-order chi connectivity index (χ0) is 26.0. The van der Waals surface area contributed by atoms with Crippen molar-refractivity contribution >= 4 is 28.2 Å². The first-order valence-corrected chi connectivity index (χ1v) is 12.4. The van der Waals surface area contributed by atoms with Gasteiger partial charge in [0, 0.05) is 31.1 Å². The summed E-state index contributed by atoms with van der Waals surface area (Å²) in [7, 11) is 5.86. The molecule has 0 fully saturated rings. The third kappa shape index (κ3) is 4.60. The Kier molecular flexibility index (Phi) is 6.98. The number of hydrogen-bond donors (Lipinski definition) is 4. The molecule has 0 atom stereocenters. The van der Waals surface area contributed by atoms with Crippen molar-refractivity contribution in [2.75, 3.05) is 44.6 Å². The first-order valence-electron chi connectivity index (χ1n) is 12.4. The van der Waals surface area contributed by atoms with Gasteiger partial charge in [-0.05, 0) is 63.8 Å². The van der Waals surface area contributed by atoms with Gasteiger partial charge < -0.3 is 15.1 Å². The fourth-order valence-electron chi connectivity index (χ4n) is 4.78. The van der Waals surface area contributed by atoms with Crippen molar-refractivity contribution < 1.29 is 4.74 Å². The Morgan fingerprint density at radius 3 is 2.59 bits per heavy atom. The number of fused-ring (bicyclic) bond motifs is 2. The first kappa shape index (κ1) is 25.0. The Bertz CT molecular complexity index is 1420. The molecule has 1 aliphatic heterocycles. The van der Waals surface area contributed by atoms with Crippen LogP contribution in [0.4, 0.5) is 17.2 Å². The molecule has 0 saturated heterocycles. The third-order valence-electron chi connectivity index (χ3n) is 6.82. The monoisotopic (exact) mass is 499 g/mol. The van der Waals surface area contributed by atoms with Crippen LogP contribution in [0.1, 0.15) is 23.9 Å². The van der Waals surface area contributed by atoms with Crippen molar-refractivity contribution in [1.29, 1.82) is 0 Å². The van der Waals surface area contributed by atoms with Gasteiger partial charge in [0.25, 0.3) is 0 Å². The van der Waals surface area contributed by atoms with Gasteiger partial charge in [0.05, 0.1) is 29.0 Å². The quantitative estimate of drug-likeness (QED) is 0.256. The second-order valence-electron chi connectivity index (χ2n) is 8.93. The maximum absolute atomic E-state index is 5.62. The lowest BCUT2D eigenvalue weighted by Crippen LogP contribution is -2.55. The fraction of sp³-hybridized carbons (Fsp3) is 0.333. The number of hydrogen-bond acceptors (Lipinski definition) is 10. The van der Waals surface area contributed by atoms with E-state index in [1.54, 1.807) is 6.20 Å². The van der Waals surface area contributed by atoms with Gasteiger partial charge in [-0.3, -0.25) is 15.6 Å². The standard InChI is InChI=1S/C27H33N9O/c1-6-37-15-23-34-25(19-10-12-21(33-26(19)35-23)24-17(2)8-7-13-31-24)32-18-9-11-20-22(14-18)36(30-5)16-27(20,28-3)29-4/h7-14,28-30H,6,15-16H2,1-5H3,(H,32,33,34,35). The third-order valence-corrected chi connectivity index (χ3v) is 6.82. The molecule has 192 valence electrons. The van der Waals surface area contributed by atoms with E-state index in [0.717, 1.165) is 40.3 Å². The summed E-state index contributed by atoms with van der Waals surface area (Å²) in [5.41, 5.74) is 9.37. The van der Waals surface area contributed by atoms with Crippen molar-refractivity contribution in [3.05, 3.63) is 65.6 Å². The highest BCUT2D eigenvalue weighted by Crippen LogP contribution is 2.39. The summed E-state index contributed by atoms with van der Waals surface area (Å²) in [4.78, 5) is 18.9. The molecule has 0 saturated carbocycles. The maximum atomic E-state index is 5.62. The number of benzene rings is 1. The lowest BCUT2D eigenvalue weighted by Gasteiger charge is -2.29. The van der Waals surface area contributed by atoms with Crippen LogP contribution in [0.2, 0.25) is 0 Å². The summed E-state index contributed by atoms with van der Waals surface area (Å²) in [6.07, 6.45) is 1.78. The number of aryl methyl sites for hydroxylation is 1. The van der Waals surface area contributed by atoms with E-state index < -0.39 is 0 Å². The molecule has 0 spiro atoms. The van der Waals surface area contributed by atoms with Crippen LogP contribution in [0.5, 0.6) is 0 Å². The van der Waals surface area contributed by atoms with Crippen LogP contribution in [0.3, 0.4) is 0 Å². The number of nitrogens with zero attached hydrogens (tertiary/aromatic N) is 5. The maximum Gasteiger partial charge on any atom is 0.165 e. The van der Waals surface area contributed by atoms with Gasteiger partial charge in [-0.1, -0.05) is 12.1 Å². The van der Waals surface area contributed by atoms with Crippen LogP contribution < -0.4 is 26.4 Å². The number of aromatic nitrogens is 4. The topological polar surface area (TPSA) is 112 Å². The van der Waals surface area contributed by atoms with Gasteiger partial charge in [0.1, 0.15) is 18.1 Å². The Hall–Kier alpha value is -3.70. The number of pyridine rings is 2. The summed E-state index contributed by atoms with van der Waals surface area (Å²) in [5.74, 6) is 1.25. The second-order valence-corrected chi connectivity index (χ2v) is 8.93. The zero-order valence-corrected chi connectivity index (χ0v) is 21.9. The first-order chi connectivity index (χ1) is 18.0. The molecular formula is C27H33N9O. The molecule has 5 rings (SSSR count). The van der Waals surface area contributed by atoms with Crippen LogP contribution in [-0.4, -0.2) is 54.2 Å². The van der Waals surface area contributed by atoms with E-state index in [1.807, 2.05) is 59.3 Å². The van der Waals surface area contributed by atoms with Crippen molar-refractivity contribution in [2.24, 2.45) is 0 Å². The van der Waals surface area contributed by atoms with Gasteiger partial charge in [0.15, 0.2) is 11.5 Å². The number of likely N-dealkylation sites (N-methyl/N-ethyl adjacent to an activating group) is 2.